The lowest BCUT2D eigenvalue weighted by molar-refractivity contribution is 0.0241. The number of fused-ring (bicyclic) bond motifs is 1. The van der Waals surface area contributed by atoms with Gasteiger partial charge < -0.3 is 14.5 Å². The molecule has 0 spiro atoms. The molecule has 0 aliphatic carbocycles. The number of hydrogen-bond donors (Lipinski definition) is 1. The second-order valence-electron chi connectivity index (χ2n) is 6.56. The lowest BCUT2D eigenvalue weighted by Crippen LogP contribution is -2.50. The van der Waals surface area contributed by atoms with Gasteiger partial charge in [0.15, 0.2) is 0 Å². The topological polar surface area (TPSA) is 61.5 Å². The van der Waals surface area contributed by atoms with Gasteiger partial charge in [-0.05, 0) is 32.9 Å². The van der Waals surface area contributed by atoms with Crippen LogP contribution in [0.5, 0.6) is 0 Å². The molecule has 0 unspecified atom stereocenters. The molecule has 0 bridgehead atoms. The normalized spacial score (nSPS) is 16.1. The standard InChI is InChI=1S/C16H22N4O2/c1-16(2,3)22-15(21)20-9-7-19(8-10-20)14-6-4-5-13-12(14)11-17-18-13/h4-6,11H,7-10H2,1-3H3,(H,17,18). The van der Waals surface area contributed by atoms with Gasteiger partial charge in [-0.15, -0.1) is 0 Å². The first-order chi connectivity index (χ1) is 10.4. The predicted molar refractivity (Wildman–Crippen MR) is 86.1 cm³/mol. The molecule has 0 saturated carbocycles. The van der Waals surface area contributed by atoms with E-state index in [1.807, 2.05) is 39.1 Å². The molecule has 1 amide bonds. The van der Waals surface area contributed by atoms with Crippen molar-refractivity contribution < 1.29 is 9.53 Å². The molecular formula is C16H22N4O2. The Balaban J connectivity index is 1.67. The Kier molecular flexibility index (Phi) is 3.68. The molecular weight excluding hydrogens is 280 g/mol. The summed E-state index contributed by atoms with van der Waals surface area (Å²) in [6.45, 7) is 8.60. The number of anilines is 1. The highest BCUT2D eigenvalue weighted by atomic mass is 16.6. The molecule has 118 valence electrons. The summed E-state index contributed by atoms with van der Waals surface area (Å²) in [4.78, 5) is 16.2. The predicted octanol–water partition coefficient (Wildman–Crippen LogP) is 2.62. The van der Waals surface area contributed by atoms with E-state index in [4.69, 9.17) is 4.74 Å². The van der Waals surface area contributed by atoms with Crippen LogP contribution in [-0.2, 0) is 4.74 Å². The highest BCUT2D eigenvalue weighted by Crippen LogP contribution is 2.26. The fraction of sp³-hybridized carbons (Fsp3) is 0.500. The minimum Gasteiger partial charge on any atom is -0.444 e. The smallest absolute Gasteiger partial charge is 0.410 e. The molecule has 22 heavy (non-hydrogen) atoms. The maximum Gasteiger partial charge on any atom is 0.410 e. The van der Waals surface area contributed by atoms with Gasteiger partial charge in [0.1, 0.15) is 5.60 Å². The number of nitrogens with one attached hydrogen (secondary N) is 1. The van der Waals surface area contributed by atoms with E-state index in [2.05, 4.69) is 21.2 Å². The van der Waals surface area contributed by atoms with Crippen LogP contribution in [0.2, 0.25) is 0 Å². The molecule has 2 heterocycles. The summed E-state index contributed by atoms with van der Waals surface area (Å²) in [5.41, 5.74) is 1.75. The van der Waals surface area contributed by atoms with Gasteiger partial charge in [-0.1, -0.05) is 6.07 Å². The van der Waals surface area contributed by atoms with Crippen molar-refractivity contribution in [2.45, 2.75) is 26.4 Å². The Bertz CT molecular complexity index is 666. The number of benzene rings is 1. The fourth-order valence-corrected chi connectivity index (χ4v) is 2.68. The third kappa shape index (κ3) is 3.00. The number of ether oxygens (including phenoxy) is 1. The van der Waals surface area contributed by atoms with Crippen molar-refractivity contribution in [3.8, 4) is 0 Å². The number of H-pyrrole nitrogens is 1. The van der Waals surface area contributed by atoms with Crippen LogP contribution in [0.4, 0.5) is 10.5 Å². The molecule has 1 N–H and O–H groups in total. The summed E-state index contributed by atoms with van der Waals surface area (Å²) in [5, 5.41) is 8.21. The molecule has 6 heteroatoms. The highest BCUT2D eigenvalue weighted by molar-refractivity contribution is 5.91. The Morgan fingerprint density at radius 3 is 2.64 bits per heavy atom. The summed E-state index contributed by atoms with van der Waals surface area (Å²) in [7, 11) is 0. The van der Waals surface area contributed by atoms with Gasteiger partial charge >= 0.3 is 6.09 Å². The number of carbonyl (C=O) groups is 1. The quantitative estimate of drug-likeness (QED) is 0.879. The van der Waals surface area contributed by atoms with Gasteiger partial charge in [0.2, 0.25) is 0 Å². The summed E-state index contributed by atoms with van der Waals surface area (Å²) in [5.74, 6) is 0. The molecule has 1 aromatic carbocycles. The average Bonchev–Trinajstić information content (AvgIpc) is 2.94. The number of aromatic nitrogens is 2. The van der Waals surface area contributed by atoms with E-state index in [1.165, 1.54) is 0 Å². The zero-order valence-electron chi connectivity index (χ0n) is 13.3. The second-order valence-corrected chi connectivity index (χ2v) is 6.56. The molecule has 1 aliphatic heterocycles. The Morgan fingerprint density at radius 1 is 1.23 bits per heavy atom. The highest BCUT2D eigenvalue weighted by Gasteiger charge is 2.26. The van der Waals surface area contributed by atoms with E-state index in [1.54, 1.807) is 4.90 Å². The van der Waals surface area contributed by atoms with Gasteiger partial charge in [-0.2, -0.15) is 5.10 Å². The van der Waals surface area contributed by atoms with Crippen molar-refractivity contribution in [1.82, 2.24) is 15.1 Å². The zero-order valence-corrected chi connectivity index (χ0v) is 13.3. The first-order valence-electron chi connectivity index (χ1n) is 7.59. The van der Waals surface area contributed by atoms with E-state index in [-0.39, 0.29) is 6.09 Å². The molecule has 1 aliphatic rings. The maximum absolute atomic E-state index is 12.1. The maximum atomic E-state index is 12.1. The summed E-state index contributed by atoms with van der Waals surface area (Å²) < 4.78 is 5.43. The average molecular weight is 302 g/mol. The van der Waals surface area contributed by atoms with Crippen molar-refractivity contribution in [3.05, 3.63) is 24.4 Å². The van der Waals surface area contributed by atoms with E-state index in [0.29, 0.717) is 13.1 Å². The second kappa shape index (κ2) is 5.51. The summed E-state index contributed by atoms with van der Waals surface area (Å²) in [6, 6.07) is 6.14. The summed E-state index contributed by atoms with van der Waals surface area (Å²) >= 11 is 0. The monoisotopic (exact) mass is 302 g/mol. The lowest BCUT2D eigenvalue weighted by atomic mass is 10.2. The zero-order chi connectivity index (χ0) is 15.7. The van der Waals surface area contributed by atoms with Crippen LogP contribution in [0.25, 0.3) is 10.9 Å². The van der Waals surface area contributed by atoms with Gasteiger partial charge in [0.05, 0.1) is 11.7 Å². The Labute approximate surface area is 130 Å². The summed E-state index contributed by atoms with van der Waals surface area (Å²) in [6.07, 6.45) is 1.62. The van der Waals surface area contributed by atoms with Crippen molar-refractivity contribution >= 4 is 22.7 Å². The van der Waals surface area contributed by atoms with Crippen molar-refractivity contribution in [2.75, 3.05) is 31.1 Å². The van der Waals surface area contributed by atoms with E-state index < -0.39 is 5.60 Å². The molecule has 2 aromatic rings. The van der Waals surface area contributed by atoms with Crippen molar-refractivity contribution in [2.24, 2.45) is 0 Å². The first-order valence-corrected chi connectivity index (χ1v) is 7.59. The Morgan fingerprint density at radius 2 is 1.95 bits per heavy atom. The molecule has 0 atom stereocenters. The number of nitrogens with zero attached hydrogens (tertiary/aromatic N) is 3. The minimum atomic E-state index is -0.448. The number of rotatable bonds is 1. The van der Waals surface area contributed by atoms with Crippen LogP contribution in [0.1, 0.15) is 20.8 Å². The van der Waals surface area contributed by atoms with Crippen LogP contribution in [0.15, 0.2) is 24.4 Å². The molecule has 1 saturated heterocycles. The fourth-order valence-electron chi connectivity index (χ4n) is 2.68. The SMILES string of the molecule is CC(C)(C)OC(=O)N1CCN(c2cccc3[nH]ncc23)CC1. The van der Waals surface area contributed by atoms with E-state index in [9.17, 15) is 4.79 Å². The number of aromatic amines is 1. The van der Waals surface area contributed by atoms with Crippen LogP contribution in [0, 0.1) is 0 Å². The van der Waals surface area contributed by atoms with Crippen LogP contribution in [0.3, 0.4) is 0 Å². The van der Waals surface area contributed by atoms with Gasteiger partial charge in [0.25, 0.3) is 0 Å². The number of carbonyl (C=O) groups excluding carboxylic acids is 1. The molecule has 1 fully saturated rings. The van der Waals surface area contributed by atoms with Gasteiger partial charge in [-0.25, -0.2) is 4.79 Å². The van der Waals surface area contributed by atoms with Gasteiger partial charge in [-0.3, -0.25) is 5.10 Å². The molecule has 3 rings (SSSR count). The molecule has 6 nitrogen and oxygen atoms in total. The lowest BCUT2D eigenvalue weighted by Gasteiger charge is -2.37. The third-order valence-corrected chi connectivity index (χ3v) is 3.73. The third-order valence-electron chi connectivity index (χ3n) is 3.73. The van der Waals surface area contributed by atoms with Crippen LogP contribution in [-0.4, -0.2) is 53.0 Å². The van der Waals surface area contributed by atoms with Crippen LogP contribution >= 0.6 is 0 Å². The van der Waals surface area contributed by atoms with E-state index in [0.717, 1.165) is 29.7 Å². The molecule has 1 aromatic heterocycles. The number of amides is 1. The van der Waals surface area contributed by atoms with Gasteiger partial charge in [0, 0.05) is 37.3 Å². The minimum absolute atomic E-state index is 0.228. The number of hydrogen-bond acceptors (Lipinski definition) is 4. The number of piperazine rings is 1. The molecule has 0 radical (unpaired) electrons. The largest absolute Gasteiger partial charge is 0.444 e. The Hall–Kier alpha value is -2.24. The van der Waals surface area contributed by atoms with E-state index >= 15 is 0 Å². The van der Waals surface area contributed by atoms with Crippen LogP contribution < -0.4 is 4.90 Å². The van der Waals surface area contributed by atoms with Crippen molar-refractivity contribution in [3.63, 3.8) is 0 Å². The first kappa shape index (κ1) is 14.7. The van der Waals surface area contributed by atoms with Crippen molar-refractivity contribution in [1.29, 1.82) is 0 Å².